The predicted molar refractivity (Wildman–Crippen MR) is 88.3 cm³/mol. The minimum Gasteiger partial charge on any atom is -0.323 e. The molecular formula is C14H9Cl2N5S. The Morgan fingerprint density at radius 2 is 2.14 bits per heavy atom. The summed E-state index contributed by atoms with van der Waals surface area (Å²) < 4.78 is 1.75. The molecule has 0 amide bonds. The van der Waals surface area contributed by atoms with Crippen LogP contribution in [0.2, 0.25) is 10.0 Å². The number of benzene rings is 1. The Labute approximate surface area is 140 Å². The maximum atomic E-state index is 6.32. The molecule has 1 aliphatic heterocycles. The van der Waals surface area contributed by atoms with Crippen LogP contribution in [0.25, 0.3) is 5.70 Å². The molecule has 4 rings (SSSR count). The summed E-state index contributed by atoms with van der Waals surface area (Å²) in [4.78, 5) is 1.15. The monoisotopic (exact) mass is 349 g/mol. The van der Waals surface area contributed by atoms with E-state index in [1.807, 2.05) is 23.6 Å². The third kappa shape index (κ3) is 2.29. The van der Waals surface area contributed by atoms with Gasteiger partial charge in [0.2, 0.25) is 5.95 Å². The summed E-state index contributed by atoms with van der Waals surface area (Å²) in [7, 11) is 0. The number of allylic oxidation sites excluding steroid dienone is 1. The number of aromatic nitrogens is 4. The van der Waals surface area contributed by atoms with Crippen LogP contribution in [-0.2, 0) is 0 Å². The van der Waals surface area contributed by atoms with E-state index >= 15 is 0 Å². The van der Waals surface area contributed by atoms with Crippen molar-refractivity contribution < 1.29 is 0 Å². The van der Waals surface area contributed by atoms with Crippen molar-refractivity contribution in [2.45, 2.75) is 6.04 Å². The summed E-state index contributed by atoms with van der Waals surface area (Å²) in [6, 6.07) is 9.42. The highest BCUT2D eigenvalue weighted by atomic mass is 35.5. The molecule has 8 heteroatoms. The summed E-state index contributed by atoms with van der Waals surface area (Å²) in [6.45, 7) is 0. The zero-order chi connectivity index (χ0) is 15.1. The number of nitrogens with zero attached hydrogens (tertiary/aromatic N) is 4. The molecule has 2 aromatic heterocycles. The summed E-state index contributed by atoms with van der Waals surface area (Å²) in [5.41, 5.74) is 1.73. The molecule has 0 fully saturated rings. The zero-order valence-electron chi connectivity index (χ0n) is 11.1. The zero-order valence-corrected chi connectivity index (χ0v) is 13.4. The standard InChI is InChI=1S/C14H9Cl2N5S/c15-8-3-4-9(10(16)6-8)11-7-12(13-2-1-5-22-13)21-14(17-11)18-19-20-21/h1-7,12H,(H,17,18,20). The van der Waals surface area contributed by atoms with Gasteiger partial charge in [-0.3, -0.25) is 0 Å². The van der Waals surface area contributed by atoms with E-state index in [2.05, 4.69) is 33.0 Å². The topological polar surface area (TPSA) is 55.6 Å². The third-order valence-corrected chi connectivity index (χ3v) is 4.87. The first-order valence-electron chi connectivity index (χ1n) is 6.48. The molecule has 0 saturated heterocycles. The Bertz CT molecular complexity index is 856. The molecule has 0 radical (unpaired) electrons. The van der Waals surface area contributed by atoms with Crippen LogP contribution in [0, 0.1) is 0 Å². The first-order valence-corrected chi connectivity index (χ1v) is 8.11. The second-order valence-corrected chi connectivity index (χ2v) is 6.56. The second-order valence-electron chi connectivity index (χ2n) is 4.74. The Balaban J connectivity index is 1.83. The van der Waals surface area contributed by atoms with Crippen molar-refractivity contribution in [2.75, 3.05) is 5.32 Å². The number of thiophene rings is 1. The average Bonchev–Trinajstić information content (AvgIpc) is 3.17. The van der Waals surface area contributed by atoms with Crippen molar-refractivity contribution in [3.05, 3.63) is 62.3 Å². The van der Waals surface area contributed by atoms with Gasteiger partial charge in [-0.15, -0.1) is 11.3 Å². The van der Waals surface area contributed by atoms with Crippen molar-refractivity contribution in [1.29, 1.82) is 0 Å². The lowest BCUT2D eigenvalue weighted by Gasteiger charge is -2.22. The molecule has 3 aromatic rings. The Kier molecular flexibility index (Phi) is 3.37. The molecule has 22 heavy (non-hydrogen) atoms. The molecular weight excluding hydrogens is 341 g/mol. The SMILES string of the molecule is Clc1ccc(C2=CC(c3cccs3)n3nnnc3N2)c(Cl)c1. The van der Waals surface area contributed by atoms with Gasteiger partial charge in [0.15, 0.2) is 0 Å². The van der Waals surface area contributed by atoms with Gasteiger partial charge < -0.3 is 5.32 Å². The molecule has 0 spiro atoms. The number of nitrogens with one attached hydrogen (secondary N) is 1. The van der Waals surface area contributed by atoms with Crippen molar-refractivity contribution in [2.24, 2.45) is 0 Å². The summed E-state index contributed by atoms with van der Waals surface area (Å²) in [6.07, 6.45) is 2.06. The quantitative estimate of drug-likeness (QED) is 0.756. The number of halogens is 2. The van der Waals surface area contributed by atoms with Gasteiger partial charge in [-0.2, -0.15) is 4.68 Å². The maximum Gasteiger partial charge on any atom is 0.248 e. The van der Waals surface area contributed by atoms with E-state index in [1.54, 1.807) is 22.1 Å². The van der Waals surface area contributed by atoms with Crippen LogP contribution in [0.3, 0.4) is 0 Å². The predicted octanol–water partition coefficient (Wildman–Crippen LogP) is 4.10. The van der Waals surface area contributed by atoms with Crippen LogP contribution < -0.4 is 5.32 Å². The molecule has 1 aromatic carbocycles. The minimum atomic E-state index is -0.0620. The van der Waals surface area contributed by atoms with E-state index in [0.29, 0.717) is 16.0 Å². The lowest BCUT2D eigenvalue weighted by Crippen LogP contribution is -2.19. The summed E-state index contributed by atoms with van der Waals surface area (Å²) in [5, 5.41) is 18.3. The molecule has 1 aliphatic rings. The fraction of sp³-hybridized carbons (Fsp3) is 0.0714. The largest absolute Gasteiger partial charge is 0.323 e. The number of tetrazole rings is 1. The molecule has 1 atom stereocenters. The minimum absolute atomic E-state index is 0.0620. The number of anilines is 1. The smallest absolute Gasteiger partial charge is 0.248 e. The van der Waals surface area contributed by atoms with Crippen molar-refractivity contribution in [3.63, 3.8) is 0 Å². The fourth-order valence-electron chi connectivity index (χ4n) is 2.38. The number of hydrogen-bond donors (Lipinski definition) is 1. The summed E-state index contributed by atoms with van der Waals surface area (Å²) >= 11 is 13.9. The molecule has 1 unspecified atom stereocenters. The van der Waals surface area contributed by atoms with Crippen molar-refractivity contribution in [3.8, 4) is 0 Å². The highest BCUT2D eigenvalue weighted by molar-refractivity contribution is 7.10. The molecule has 3 heterocycles. The molecule has 110 valence electrons. The van der Waals surface area contributed by atoms with E-state index in [4.69, 9.17) is 23.2 Å². The Hall–Kier alpha value is -1.89. The van der Waals surface area contributed by atoms with Crippen LogP contribution in [-0.4, -0.2) is 20.2 Å². The van der Waals surface area contributed by atoms with Crippen molar-refractivity contribution >= 4 is 46.2 Å². The molecule has 1 N–H and O–H groups in total. The average molecular weight is 350 g/mol. The van der Waals surface area contributed by atoms with E-state index < -0.39 is 0 Å². The molecule has 5 nitrogen and oxygen atoms in total. The normalized spacial score (nSPS) is 16.8. The van der Waals surface area contributed by atoms with Gasteiger partial charge in [0, 0.05) is 21.2 Å². The van der Waals surface area contributed by atoms with E-state index in [0.717, 1.165) is 16.1 Å². The highest BCUT2D eigenvalue weighted by Gasteiger charge is 2.25. The van der Waals surface area contributed by atoms with Gasteiger partial charge in [0.1, 0.15) is 6.04 Å². The van der Waals surface area contributed by atoms with Gasteiger partial charge >= 0.3 is 0 Å². The number of rotatable bonds is 2. The van der Waals surface area contributed by atoms with E-state index in [9.17, 15) is 0 Å². The van der Waals surface area contributed by atoms with Crippen LogP contribution in [0.15, 0.2) is 41.8 Å². The van der Waals surface area contributed by atoms with Crippen LogP contribution >= 0.6 is 34.5 Å². The van der Waals surface area contributed by atoms with Gasteiger partial charge in [-0.25, -0.2) is 0 Å². The lowest BCUT2D eigenvalue weighted by molar-refractivity contribution is 0.593. The van der Waals surface area contributed by atoms with Gasteiger partial charge in [0.05, 0.1) is 5.02 Å². The van der Waals surface area contributed by atoms with E-state index in [-0.39, 0.29) is 6.04 Å². The van der Waals surface area contributed by atoms with Gasteiger partial charge in [-0.1, -0.05) is 34.4 Å². The fourth-order valence-corrected chi connectivity index (χ4v) is 3.67. The van der Waals surface area contributed by atoms with Crippen molar-refractivity contribution in [1.82, 2.24) is 20.2 Å². The maximum absolute atomic E-state index is 6.32. The summed E-state index contributed by atoms with van der Waals surface area (Å²) in [5.74, 6) is 0.585. The highest BCUT2D eigenvalue weighted by Crippen LogP contribution is 2.36. The second kappa shape index (κ2) is 5.39. The first kappa shape index (κ1) is 13.8. The van der Waals surface area contributed by atoms with Gasteiger partial charge in [0.25, 0.3) is 0 Å². The molecule has 0 aliphatic carbocycles. The Morgan fingerprint density at radius 1 is 1.23 bits per heavy atom. The van der Waals surface area contributed by atoms with E-state index in [1.165, 1.54) is 0 Å². The van der Waals surface area contributed by atoms with Crippen LogP contribution in [0.4, 0.5) is 5.95 Å². The number of hydrogen-bond acceptors (Lipinski definition) is 5. The van der Waals surface area contributed by atoms with Crippen LogP contribution in [0.1, 0.15) is 16.5 Å². The first-order chi connectivity index (χ1) is 10.7. The molecule has 0 saturated carbocycles. The lowest BCUT2D eigenvalue weighted by atomic mass is 10.1. The van der Waals surface area contributed by atoms with Gasteiger partial charge in [-0.05, 0) is 46.1 Å². The molecule has 0 bridgehead atoms. The van der Waals surface area contributed by atoms with Crippen LogP contribution in [0.5, 0.6) is 0 Å². The number of fused-ring (bicyclic) bond motifs is 1. The third-order valence-electron chi connectivity index (χ3n) is 3.38. The Morgan fingerprint density at radius 3 is 2.91 bits per heavy atom.